The highest BCUT2D eigenvalue weighted by Gasteiger charge is 2.37. The van der Waals surface area contributed by atoms with E-state index in [9.17, 15) is 8.42 Å². The number of hydrogen-bond acceptors (Lipinski definition) is 4. The van der Waals surface area contributed by atoms with Gasteiger partial charge in [0.15, 0.2) is 9.84 Å². The molecule has 0 radical (unpaired) electrons. The summed E-state index contributed by atoms with van der Waals surface area (Å²) >= 11 is 0. The number of sulfone groups is 1. The highest BCUT2D eigenvalue weighted by atomic mass is 32.2. The van der Waals surface area contributed by atoms with Gasteiger partial charge in [-0.25, -0.2) is 8.42 Å². The number of hydrogen-bond donors (Lipinski definition) is 1. The van der Waals surface area contributed by atoms with Crippen molar-refractivity contribution in [1.82, 2.24) is 0 Å². The summed E-state index contributed by atoms with van der Waals surface area (Å²) in [7, 11) is -3.04. The number of nitrogens with zero attached hydrogens (tertiary/aromatic N) is 1. The Kier molecular flexibility index (Phi) is 2.43. The summed E-state index contributed by atoms with van der Waals surface area (Å²) in [6, 6.07) is 7.63. The van der Waals surface area contributed by atoms with E-state index in [1.807, 2.05) is 24.3 Å². The average molecular weight is 250 g/mol. The van der Waals surface area contributed by atoms with Gasteiger partial charge in [-0.2, -0.15) is 0 Å². The van der Waals surface area contributed by atoms with E-state index in [0.717, 1.165) is 24.2 Å². The molecule has 4 nitrogen and oxygen atoms in total. The maximum Gasteiger partial charge on any atom is 0.160 e. The van der Waals surface area contributed by atoms with Crippen molar-refractivity contribution in [1.29, 1.82) is 0 Å². The summed E-state index contributed by atoms with van der Waals surface area (Å²) in [5.74, 6) is 0.276. The maximum atomic E-state index is 12.0. The third-order valence-electron chi connectivity index (χ3n) is 3.36. The monoisotopic (exact) mass is 250 g/mol. The molecule has 2 heterocycles. The second-order valence-corrected chi connectivity index (χ2v) is 6.80. The van der Waals surface area contributed by atoms with Crippen molar-refractivity contribution in [3.63, 3.8) is 0 Å². The first kappa shape index (κ1) is 10.8. The van der Waals surface area contributed by atoms with E-state index in [1.165, 1.54) is 0 Å². The van der Waals surface area contributed by atoms with Gasteiger partial charge in [0.2, 0.25) is 0 Å². The Balaban J connectivity index is 2.05. The largest absolute Gasteiger partial charge is 0.379 e. The normalized spacial score (nSPS) is 29.6. The van der Waals surface area contributed by atoms with Crippen LogP contribution in [0.3, 0.4) is 0 Å². The van der Waals surface area contributed by atoms with Crippen LogP contribution in [0.25, 0.3) is 0 Å². The first-order valence-corrected chi connectivity index (χ1v) is 7.50. The van der Waals surface area contributed by atoms with Crippen LogP contribution in [0.2, 0.25) is 0 Å². The molecule has 0 aromatic heterocycles. The first-order valence-electron chi connectivity index (χ1n) is 5.78. The second-order valence-electron chi connectivity index (χ2n) is 4.52. The van der Waals surface area contributed by atoms with Crippen LogP contribution in [0, 0.1) is 0 Å². The van der Waals surface area contributed by atoms with E-state index >= 15 is 0 Å². The molecular formula is C12H14N2O2S. The molecule has 0 aliphatic carbocycles. The molecule has 2 aliphatic heterocycles. The minimum absolute atomic E-state index is 0.0406. The first-order chi connectivity index (χ1) is 8.17. The van der Waals surface area contributed by atoms with Crippen LogP contribution in [0.5, 0.6) is 0 Å². The molecule has 90 valence electrons. The molecule has 1 aromatic rings. The van der Waals surface area contributed by atoms with Gasteiger partial charge in [-0.3, -0.25) is 4.99 Å². The molecule has 3 rings (SSSR count). The van der Waals surface area contributed by atoms with Gasteiger partial charge in [0.05, 0.1) is 17.1 Å². The van der Waals surface area contributed by atoms with Crippen LogP contribution >= 0.6 is 0 Å². The van der Waals surface area contributed by atoms with Crippen molar-refractivity contribution in [3.05, 3.63) is 24.3 Å². The maximum absolute atomic E-state index is 12.0. The molecule has 17 heavy (non-hydrogen) atoms. The number of anilines is 1. The van der Waals surface area contributed by atoms with Gasteiger partial charge in [-0.05, 0) is 25.0 Å². The van der Waals surface area contributed by atoms with Crippen LogP contribution in [0.4, 0.5) is 11.4 Å². The van der Waals surface area contributed by atoms with Crippen LogP contribution in [0.1, 0.15) is 12.8 Å². The van der Waals surface area contributed by atoms with Crippen molar-refractivity contribution < 1.29 is 8.42 Å². The predicted octanol–water partition coefficient (Wildman–Crippen LogP) is 1.76. The molecule has 2 aliphatic rings. The van der Waals surface area contributed by atoms with Gasteiger partial charge in [-0.1, -0.05) is 12.1 Å². The number of fused-ring (bicyclic) bond motifs is 2. The lowest BCUT2D eigenvalue weighted by atomic mass is 10.1. The van der Waals surface area contributed by atoms with Crippen LogP contribution < -0.4 is 5.32 Å². The summed E-state index contributed by atoms with van der Waals surface area (Å²) in [5.41, 5.74) is 1.74. The summed E-state index contributed by atoms with van der Waals surface area (Å²) in [4.78, 5) is 4.30. The summed E-state index contributed by atoms with van der Waals surface area (Å²) in [5, 5.41) is 2.83. The average Bonchev–Trinajstić information content (AvgIpc) is 2.48. The van der Waals surface area contributed by atoms with Gasteiger partial charge in [0.1, 0.15) is 5.25 Å². The van der Waals surface area contributed by atoms with Gasteiger partial charge < -0.3 is 5.32 Å². The van der Waals surface area contributed by atoms with Gasteiger partial charge in [0.25, 0.3) is 0 Å². The topological polar surface area (TPSA) is 58.5 Å². The lowest BCUT2D eigenvalue weighted by Crippen LogP contribution is -2.44. The molecule has 1 saturated heterocycles. The van der Waals surface area contributed by atoms with E-state index in [1.54, 1.807) is 6.21 Å². The number of nitrogens with one attached hydrogen (secondary N) is 1. The zero-order valence-electron chi connectivity index (χ0n) is 9.33. The third-order valence-corrected chi connectivity index (χ3v) is 5.50. The molecule has 0 amide bonds. The van der Waals surface area contributed by atoms with E-state index in [2.05, 4.69) is 10.3 Å². The number of benzene rings is 1. The van der Waals surface area contributed by atoms with E-state index in [4.69, 9.17) is 0 Å². The molecule has 2 unspecified atom stereocenters. The van der Waals surface area contributed by atoms with Gasteiger partial charge in [-0.15, -0.1) is 0 Å². The van der Waals surface area contributed by atoms with E-state index in [0.29, 0.717) is 0 Å². The van der Waals surface area contributed by atoms with Crippen molar-refractivity contribution in [3.8, 4) is 0 Å². The SMILES string of the molecule is O=S1(=O)CCCC2Nc3ccccc3N=CC21. The van der Waals surface area contributed by atoms with E-state index < -0.39 is 15.1 Å². The summed E-state index contributed by atoms with van der Waals surface area (Å²) in [6.07, 6.45) is 3.20. The van der Waals surface area contributed by atoms with Crippen molar-refractivity contribution in [2.24, 2.45) is 4.99 Å². The fourth-order valence-electron chi connectivity index (χ4n) is 2.47. The highest BCUT2D eigenvalue weighted by molar-refractivity contribution is 7.92. The Morgan fingerprint density at radius 3 is 3.00 bits per heavy atom. The minimum atomic E-state index is -3.04. The zero-order valence-corrected chi connectivity index (χ0v) is 10.2. The van der Waals surface area contributed by atoms with E-state index in [-0.39, 0.29) is 11.8 Å². The Morgan fingerprint density at radius 1 is 1.29 bits per heavy atom. The lowest BCUT2D eigenvalue weighted by Gasteiger charge is -2.28. The number of para-hydroxylation sites is 2. The Morgan fingerprint density at radius 2 is 2.12 bits per heavy atom. The Bertz CT molecular complexity index is 566. The number of aliphatic imine (C=N–C) groups is 1. The van der Waals surface area contributed by atoms with Crippen LogP contribution in [-0.2, 0) is 9.84 Å². The zero-order chi connectivity index (χ0) is 11.9. The molecule has 0 saturated carbocycles. The van der Waals surface area contributed by atoms with Gasteiger partial charge >= 0.3 is 0 Å². The fourth-order valence-corrected chi connectivity index (χ4v) is 4.26. The predicted molar refractivity (Wildman–Crippen MR) is 68.8 cm³/mol. The molecular weight excluding hydrogens is 236 g/mol. The highest BCUT2D eigenvalue weighted by Crippen LogP contribution is 2.31. The molecule has 2 atom stereocenters. The molecule has 1 N–H and O–H groups in total. The number of rotatable bonds is 0. The third kappa shape index (κ3) is 1.84. The lowest BCUT2D eigenvalue weighted by molar-refractivity contribution is 0.549. The van der Waals surface area contributed by atoms with Crippen molar-refractivity contribution >= 4 is 27.4 Å². The Hall–Kier alpha value is -1.36. The van der Waals surface area contributed by atoms with Crippen molar-refractivity contribution in [2.75, 3.05) is 11.1 Å². The van der Waals surface area contributed by atoms with Crippen LogP contribution in [0.15, 0.2) is 29.3 Å². The Labute approximate surface area is 101 Å². The smallest absolute Gasteiger partial charge is 0.160 e. The molecule has 1 aromatic carbocycles. The van der Waals surface area contributed by atoms with Gasteiger partial charge in [0, 0.05) is 12.3 Å². The fraction of sp³-hybridized carbons (Fsp3) is 0.417. The van der Waals surface area contributed by atoms with Crippen molar-refractivity contribution in [2.45, 2.75) is 24.1 Å². The molecule has 0 bridgehead atoms. The van der Waals surface area contributed by atoms with Crippen LogP contribution in [-0.4, -0.2) is 31.7 Å². The molecule has 5 heteroatoms. The summed E-state index contributed by atoms with van der Waals surface area (Å²) < 4.78 is 24.0. The molecule has 1 fully saturated rings. The minimum Gasteiger partial charge on any atom is -0.379 e. The molecule has 0 spiro atoms. The quantitative estimate of drug-likeness (QED) is 0.763. The second kappa shape index (κ2) is 3.84. The standard InChI is InChI=1S/C12H14N2O2S/c15-17(16)7-3-6-11-12(17)8-13-9-4-1-2-5-10(9)14-11/h1-2,4-5,8,11-12,14H,3,6-7H2. The summed E-state index contributed by atoms with van der Waals surface area (Å²) in [6.45, 7) is 0.